The van der Waals surface area contributed by atoms with Crippen molar-refractivity contribution in [1.29, 1.82) is 0 Å². The summed E-state index contributed by atoms with van der Waals surface area (Å²) in [7, 11) is 0. The second kappa shape index (κ2) is 10.9. The van der Waals surface area contributed by atoms with Gasteiger partial charge in [0.05, 0.1) is 5.56 Å². The fourth-order valence-electron chi connectivity index (χ4n) is 2.94. The van der Waals surface area contributed by atoms with Crippen LogP contribution in [0.2, 0.25) is 0 Å². The lowest BCUT2D eigenvalue weighted by molar-refractivity contribution is 0.0952. The van der Waals surface area contributed by atoms with Crippen LogP contribution >= 0.6 is 0 Å². The monoisotopic (exact) mass is 344 g/mol. The Morgan fingerprint density at radius 3 is 2.56 bits per heavy atom. The number of pyridine rings is 1. The second-order valence-electron chi connectivity index (χ2n) is 7.21. The molecule has 0 aromatic carbocycles. The number of carbonyl (C=O) groups excluding carboxylic acids is 1. The molecule has 1 aromatic heterocycles. The van der Waals surface area contributed by atoms with E-state index in [-0.39, 0.29) is 5.91 Å². The summed E-state index contributed by atoms with van der Waals surface area (Å²) in [5.41, 5.74) is 4.36. The number of rotatable bonds is 11. The third-order valence-corrected chi connectivity index (χ3v) is 4.72. The summed E-state index contributed by atoms with van der Waals surface area (Å²) in [6, 6.07) is 3.54. The van der Waals surface area contributed by atoms with Gasteiger partial charge in [-0.1, -0.05) is 51.4 Å². The zero-order valence-corrected chi connectivity index (χ0v) is 15.7. The average Bonchev–Trinajstić information content (AvgIpc) is 2.57. The molecule has 2 rings (SSSR count). The van der Waals surface area contributed by atoms with Gasteiger partial charge in [-0.15, -0.1) is 0 Å². The maximum atomic E-state index is 12.1. The molecule has 1 saturated carbocycles. The molecule has 1 aromatic rings. The molecule has 0 atom stereocenters. The summed E-state index contributed by atoms with van der Waals surface area (Å²) in [5, 5.41) is 7.05. The number of hydrogen-bond donors (Lipinski definition) is 2. The van der Waals surface area contributed by atoms with Crippen molar-refractivity contribution >= 4 is 17.4 Å². The lowest BCUT2D eigenvalue weighted by atomic mass is 9.82. The first-order valence-corrected chi connectivity index (χ1v) is 9.66. The van der Waals surface area contributed by atoms with Gasteiger partial charge in [0.15, 0.2) is 0 Å². The van der Waals surface area contributed by atoms with Crippen LogP contribution in [-0.2, 0) is 0 Å². The van der Waals surface area contributed by atoms with Gasteiger partial charge in [0, 0.05) is 18.5 Å². The molecule has 138 valence electrons. The lowest BCUT2D eigenvalue weighted by Crippen LogP contribution is -2.24. The zero-order valence-electron chi connectivity index (χ0n) is 15.7. The quantitative estimate of drug-likeness (QED) is 0.345. The molecule has 1 aliphatic rings. The van der Waals surface area contributed by atoms with E-state index in [1.165, 1.54) is 51.4 Å². The third kappa shape index (κ3) is 7.67. The fourth-order valence-corrected chi connectivity index (χ4v) is 2.94. The summed E-state index contributed by atoms with van der Waals surface area (Å²) in [4.78, 5) is 16.3. The number of nitrogens with zero attached hydrogens (tertiary/aromatic N) is 2. The average molecular weight is 345 g/mol. The largest absolute Gasteiger partial charge is 0.352 e. The third-order valence-electron chi connectivity index (χ3n) is 4.72. The molecule has 1 heterocycles. The topological polar surface area (TPSA) is 66.4 Å². The van der Waals surface area contributed by atoms with E-state index in [1.54, 1.807) is 18.3 Å². The van der Waals surface area contributed by atoms with Gasteiger partial charge in [-0.05, 0) is 38.3 Å². The van der Waals surface area contributed by atoms with Crippen molar-refractivity contribution in [3.63, 3.8) is 0 Å². The van der Waals surface area contributed by atoms with E-state index in [9.17, 15) is 4.79 Å². The Labute approximate surface area is 151 Å². The van der Waals surface area contributed by atoms with Gasteiger partial charge in [-0.2, -0.15) is 5.10 Å². The molecule has 0 saturated heterocycles. The number of amides is 1. The second-order valence-corrected chi connectivity index (χ2v) is 7.21. The molecule has 5 nitrogen and oxygen atoms in total. The maximum absolute atomic E-state index is 12.1. The van der Waals surface area contributed by atoms with Gasteiger partial charge in [-0.25, -0.2) is 4.98 Å². The van der Waals surface area contributed by atoms with Gasteiger partial charge in [0.1, 0.15) is 5.82 Å². The van der Waals surface area contributed by atoms with E-state index in [0.717, 1.165) is 24.6 Å². The van der Waals surface area contributed by atoms with Gasteiger partial charge in [0.2, 0.25) is 0 Å². The molecular weight excluding hydrogens is 312 g/mol. The SMILES string of the molecule is CC(C)=NNc1ccc(C(=O)NCCCCCCCC2CCC2)cn1. The van der Waals surface area contributed by atoms with Crippen LogP contribution in [0.4, 0.5) is 5.82 Å². The fraction of sp³-hybridized carbons (Fsp3) is 0.650. The van der Waals surface area contributed by atoms with Crippen LogP contribution in [0.15, 0.2) is 23.4 Å². The van der Waals surface area contributed by atoms with Gasteiger partial charge in [0.25, 0.3) is 5.91 Å². The highest BCUT2D eigenvalue weighted by atomic mass is 16.1. The first-order chi connectivity index (χ1) is 12.1. The van der Waals surface area contributed by atoms with Crippen LogP contribution in [0.25, 0.3) is 0 Å². The standard InChI is InChI=1S/C20H32N4O/c1-16(2)23-24-19-13-12-18(15-22-19)20(25)21-14-7-5-3-4-6-9-17-10-8-11-17/h12-13,15,17H,3-11,14H2,1-2H3,(H,21,25)(H,22,24). The Morgan fingerprint density at radius 1 is 1.16 bits per heavy atom. The smallest absolute Gasteiger partial charge is 0.252 e. The molecule has 0 radical (unpaired) electrons. The molecule has 1 aliphatic carbocycles. The highest BCUT2D eigenvalue weighted by molar-refractivity contribution is 5.94. The molecule has 5 heteroatoms. The van der Waals surface area contributed by atoms with Crippen LogP contribution in [0, 0.1) is 5.92 Å². The van der Waals surface area contributed by atoms with E-state index in [1.807, 2.05) is 13.8 Å². The van der Waals surface area contributed by atoms with Crippen molar-refractivity contribution < 1.29 is 4.79 Å². The molecule has 0 spiro atoms. The van der Waals surface area contributed by atoms with E-state index in [2.05, 4.69) is 20.8 Å². The summed E-state index contributed by atoms with van der Waals surface area (Å²) in [6.07, 6.45) is 13.6. The van der Waals surface area contributed by atoms with Gasteiger partial charge in [-0.3, -0.25) is 10.2 Å². The van der Waals surface area contributed by atoms with Crippen molar-refractivity contribution in [1.82, 2.24) is 10.3 Å². The number of hydrogen-bond acceptors (Lipinski definition) is 4. The Bertz CT molecular complexity index is 545. The van der Waals surface area contributed by atoms with Gasteiger partial charge < -0.3 is 5.32 Å². The minimum absolute atomic E-state index is 0.0563. The lowest BCUT2D eigenvalue weighted by Gasteiger charge is -2.24. The minimum Gasteiger partial charge on any atom is -0.352 e. The van der Waals surface area contributed by atoms with E-state index >= 15 is 0 Å². The van der Waals surface area contributed by atoms with Crippen LogP contribution in [-0.4, -0.2) is 23.1 Å². The highest BCUT2D eigenvalue weighted by Crippen LogP contribution is 2.31. The molecule has 1 fully saturated rings. The van der Waals surface area contributed by atoms with Gasteiger partial charge >= 0.3 is 0 Å². The summed E-state index contributed by atoms with van der Waals surface area (Å²) < 4.78 is 0. The van der Waals surface area contributed by atoms with Crippen LogP contribution in [0.1, 0.15) is 82.0 Å². The molecule has 25 heavy (non-hydrogen) atoms. The molecule has 0 aliphatic heterocycles. The normalized spacial score (nSPS) is 13.8. The van der Waals surface area contributed by atoms with Crippen molar-refractivity contribution in [3.05, 3.63) is 23.9 Å². The van der Waals surface area contributed by atoms with E-state index in [4.69, 9.17) is 0 Å². The number of aromatic nitrogens is 1. The van der Waals surface area contributed by atoms with Crippen LogP contribution in [0.3, 0.4) is 0 Å². The summed E-state index contributed by atoms with van der Waals surface area (Å²) in [5.74, 6) is 1.62. The number of anilines is 1. The Kier molecular flexibility index (Phi) is 8.43. The zero-order chi connectivity index (χ0) is 17.9. The van der Waals surface area contributed by atoms with E-state index < -0.39 is 0 Å². The summed E-state index contributed by atoms with van der Waals surface area (Å²) in [6.45, 7) is 4.55. The Hall–Kier alpha value is -1.91. The number of hydrazone groups is 1. The van der Waals surface area contributed by atoms with Crippen molar-refractivity contribution in [2.45, 2.75) is 71.6 Å². The first kappa shape index (κ1) is 19.4. The number of unbranched alkanes of at least 4 members (excludes halogenated alkanes) is 4. The van der Waals surface area contributed by atoms with Crippen LogP contribution in [0.5, 0.6) is 0 Å². The Balaban J connectivity index is 1.53. The highest BCUT2D eigenvalue weighted by Gasteiger charge is 2.15. The number of nitrogens with one attached hydrogen (secondary N) is 2. The minimum atomic E-state index is -0.0563. The van der Waals surface area contributed by atoms with Crippen LogP contribution < -0.4 is 10.7 Å². The first-order valence-electron chi connectivity index (χ1n) is 9.66. The van der Waals surface area contributed by atoms with Crippen molar-refractivity contribution in [2.75, 3.05) is 12.0 Å². The maximum Gasteiger partial charge on any atom is 0.252 e. The number of carbonyl (C=O) groups is 1. The van der Waals surface area contributed by atoms with E-state index in [0.29, 0.717) is 11.4 Å². The molecule has 0 unspecified atom stereocenters. The summed E-state index contributed by atoms with van der Waals surface area (Å²) >= 11 is 0. The predicted octanol–water partition coefficient (Wildman–Crippen LogP) is 4.76. The molecule has 2 N–H and O–H groups in total. The van der Waals surface area contributed by atoms with Crippen molar-refractivity contribution in [3.8, 4) is 0 Å². The molecule has 0 bridgehead atoms. The van der Waals surface area contributed by atoms with Crippen molar-refractivity contribution in [2.24, 2.45) is 11.0 Å². The molecule has 1 amide bonds. The Morgan fingerprint density at radius 2 is 1.92 bits per heavy atom. The molecular formula is C20H32N4O. The predicted molar refractivity (Wildman–Crippen MR) is 104 cm³/mol.